The Labute approximate surface area is 94.7 Å². The van der Waals surface area contributed by atoms with Crippen LogP contribution in [0.5, 0.6) is 0 Å². The minimum atomic E-state index is -0.331. The Morgan fingerprint density at radius 2 is 1.94 bits per heavy atom. The van der Waals surface area contributed by atoms with Crippen molar-refractivity contribution in [3.63, 3.8) is 0 Å². The number of carbonyl (C=O) groups is 1. The summed E-state index contributed by atoms with van der Waals surface area (Å²) in [6.07, 6.45) is 0. The van der Waals surface area contributed by atoms with Gasteiger partial charge in [-0.05, 0) is 19.4 Å². The molecule has 92 valence electrons. The maximum atomic E-state index is 11.3. The summed E-state index contributed by atoms with van der Waals surface area (Å²) in [7, 11) is 0. The van der Waals surface area contributed by atoms with E-state index < -0.39 is 0 Å². The monoisotopic (exact) mass is 230 g/mol. The SMILES string of the molecule is CCOCC(COCC)NC(=O)CN=[N+]=[N-]. The second-order valence-corrected chi connectivity index (χ2v) is 2.97. The van der Waals surface area contributed by atoms with Crippen LogP contribution in [0.25, 0.3) is 10.4 Å². The lowest BCUT2D eigenvalue weighted by Gasteiger charge is -2.17. The van der Waals surface area contributed by atoms with Crippen LogP contribution in [0.2, 0.25) is 0 Å². The molecule has 0 aromatic heterocycles. The highest BCUT2D eigenvalue weighted by Gasteiger charge is 2.11. The Bertz CT molecular complexity index is 233. The predicted octanol–water partition coefficient (Wildman–Crippen LogP) is 0.855. The summed E-state index contributed by atoms with van der Waals surface area (Å²) in [6.45, 7) is 5.48. The van der Waals surface area contributed by atoms with E-state index in [4.69, 9.17) is 15.0 Å². The Kier molecular flexibility index (Phi) is 9.39. The molecule has 0 radical (unpaired) electrons. The van der Waals surface area contributed by atoms with Gasteiger partial charge in [0.15, 0.2) is 0 Å². The zero-order valence-electron chi connectivity index (χ0n) is 9.68. The van der Waals surface area contributed by atoms with Crippen LogP contribution in [0.15, 0.2) is 5.11 Å². The molecule has 0 saturated carbocycles. The highest BCUT2D eigenvalue weighted by Crippen LogP contribution is 1.90. The van der Waals surface area contributed by atoms with Gasteiger partial charge in [-0.3, -0.25) is 4.79 Å². The topological polar surface area (TPSA) is 96.3 Å². The van der Waals surface area contributed by atoms with Crippen LogP contribution >= 0.6 is 0 Å². The largest absolute Gasteiger partial charge is 0.380 e. The van der Waals surface area contributed by atoms with Crippen LogP contribution in [-0.2, 0) is 14.3 Å². The average molecular weight is 230 g/mol. The van der Waals surface area contributed by atoms with Crippen molar-refractivity contribution in [2.45, 2.75) is 19.9 Å². The van der Waals surface area contributed by atoms with Crippen LogP contribution in [0.1, 0.15) is 13.8 Å². The molecule has 0 unspecified atom stereocenters. The molecule has 0 aliphatic rings. The smallest absolute Gasteiger partial charge is 0.226 e. The van der Waals surface area contributed by atoms with Crippen molar-refractivity contribution in [1.29, 1.82) is 0 Å². The van der Waals surface area contributed by atoms with E-state index in [1.165, 1.54) is 0 Å². The van der Waals surface area contributed by atoms with Crippen molar-refractivity contribution in [3.05, 3.63) is 10.4 Å². The fourth-order valence-electron chi connectivity index (χ4n) is 1.02. The number of nitrogens with zero attached hydrogens (tertiary/aromatic N) is 3. The average Bonchev–Trinajstić information content (AvgIpc) is 2.30. The lowest BCUT2D eigenvalue weighted by molar-refractivity contribution is -0.121. The quantitative estimate of drug-likeness (QED) is 0.361. The first-order valence-electron chi connectivity index (χ1n) is 5.20. The Balaban J connectivity index is 3.96. The molecule has 7 heteroatoms. The first-order valence-corrected chi connectivity index (χ1v) is 5.20. The van der Waals surface area contributed by atoms with E-state index in [1.54, 1.807) is 0 Å². The molecular weight excluding hydrogens is 212 g/mol. The van der Waals surface area contributed by atoms with Crippen molar-refractivity contribution in [2.75, 3.05) is 33.0 Å². The predicted molar refractivity (Wildman–Crippen MR) is 58.9 cm³/mol. The minimum Gasteiger partial charge on any atom is -0.380 e. The van der Waals surface area contributed by atoms with Crippen LogP contribution in [0.3, 0.4) is 0 Å². The maximum absolute atomic E-state index is 11.3. The van der Waals surface area contributed by atoms with Crippen LogP contribution in [-0.4, -0.2) is 44.9 Å². The third-order valence-corrected chi connectivity index (χ3v) is 1.69. The number of nitrogens with one attached hydrogen (secondary N) is 1. The second kappa shape index (κ2) is 10.2. The standard InChI is InChI=1S/C9H18N4O3/c1-3-15-6-8(7-16-4-2)12-9(14)5-11-13-10/h8H,3-7H2,1-2H3,(H,12,14). The molecule has 16 heavy (non-hydrogen) atoms. The van der Waals surface area contributed by atoms with E-state index in [2.05, 4.69) is 15.3 Å². The number of azide groups is 1. The summed E-state index contributed by atoms with van der Waals surface area (Å²) in [5.74, 6) is -0.331. The molecule has 0 aliphatic carbocycles. The summed E-state index contributed by atoms with van der Waals surface area (Å²) in [6, 6.07) is -0.207. The molecule has 0 saturated heterocycles. The molecule has 7 nitrogen and oxygen atoms in total. The molecule has 0 aliphatic heterocycles. The van der Waals surface area contributed by atoms with Gasteiger partial charge in [-0.2, -0.15) is 0 Å². The lowest BCUT2D eigenvalue weighted by atomic mass is 10.3. The highest BCUT2D eigenvalue weighted by atomic mass is 16.5. The van der Waals surface area contributed by atoms with Crippen molar-refractivity contribution in [1.82, 2.24) is 5.32 Å². The summed E-state index contributed by atoms with van der Waals surface area (Å²) in [5, 5.41) is 5.84. The summed E-state index contributed by atoms with van der Waals surface area (Å²) < 4.78 is 10.4. The van der Waals surface area contributed by atoms with Gasteiger partial charge < -0.3 is 14.8 Å². The zero-order valence-corrected chi connectivity index (χ0v) is 9.68. The maximum Gasteiger partial charge on any atom is 0.226 e. The number of amides is 1. The summed E-state index contributed by atoms with van der Waals surface area (Å²) in [4.78, 5) is 13.8. The molecule has 0 aromatic carbocycles. The lowest BCUT2D eigenvalue weighted by Crippen LogP contribution is -2.42. The van der Waals surface area contributed by atoms with Gasteiger partial charge in [-0.15, -0.1) is 0 Å². The molecule has 0 rings (SSSR count). The Morgan fingerprint density at radius 1 is 1.38 bits per heavy atom. The van der Waals surface area contributed by atoms with Gasteiger partial charge in [0, 0.05) is 18.1 Å². The number of hydrogen-bond acceptors (Lipinski definition) is 4. The number of rotatable bonds is 9. The van der Waals surface area contributed by atoms with Gasteiger partial charge in [-0.1, -0.05) is 5.11 Å². The molecule has 1 amide bonds. The van der Waals surface area contributed by atoms with E-state index in [9.17, 15) is 4.79 Å². The zero-order chi connectivity index (χ0) is 12.2. The van der Waals surface area contributed by atoms with E-state index in [0.29, 0.717) is 26.4 Å². The number of carbonyl (C=O) groups excluding carboxylic acids is 1. The van der Waals surface area contributed by atoms with Gasteiger partial charge in [0.25, 0.3) is 0 Å². The Morgan fingerprint density at radius 3 is 2.38 bits per heavy atom. The molecule has 0 heterocycles. The molecule has 0 atom stereocenters. The second-order valence-electron chi connectivity index (χ2n) is 2.97. The number of hydrogen-bond donors (Lipinski definition) is 1. The molecular formula is C9H18N4O3. The van der Waals surface area contributed by atoms with Crippen molar-refractivity contribution in [2.24, 2.45) is 5.11 Å². The van der Waals surface area contributed by atoms with Crippen LogP contribution < -0.4 is 5.32 Å². The number of ether oxygens (including phenoxy) is 2. The third-order valence-electron chi connectivity index (χ3n) is 1.69. The normalized spacial score (nSPS) is 9.94. The molecule has 0 bridgehead atoms. The van der Waals surface area contributed by atoms with Crippen LogP contribution in [0, 0.1) is 0 Å². The van der Waals surface area contributed by atoms with E-state index in [-0.39, 0.29) is 18.5 Å². The molecule has 0 aromatic rings. The molecule has 0 fully saturated rings. The van der Waals surface area contributed by atoms with Gasteiger partial charge in [0.2, 0.25) is 5.91 Å². The van der Waals surface area contributed by atoms with E-state index in [1.807, 2.05) is 13.8 Å². The Hall–Kier alpha value is -1.30. The first-order chi connectivity index (χ1) is 7.74. The fraction of sp³-hybridized carbons (Fsp3) is 0.889. The van der Waals surface area contributed by atoms with Crippen molar-refractivity contribution in [3.8, 4) is 0 Å². The molecule has 1 N–H and O–H groups in total. The summed E-state index contributed by atoms with van der Waals surface area (Å²) >= 11 is 0. The minimum absolute atomic E-state index is 0.203. The van der Waals surface area contributed by atoms with E-state index in [0.717, 1.165) is 0 Å². The molecule has 0 spiro atoms. The van der Waals surface area contributed by atoms with Crippen molar-refractivity contribution < 1.29 is 14.3 Å². The van der Waals surface area contributed by atoms with Gasteiger partial charge in [0.05, 0.1) is 19.3 Å². The summed E-state index contributed by atoms with van der Waals surface area (Å²) in [5.41, 5.74) is 8.06. The van der Waals surface area contributed by atoms with Crippen LogP contribution in [0.4, 0.5) is 0 Å². The van der Waals surface area contributed by atoms with E-state index >= 15 is 0 Å². The van der Waals surface area contributed by atoms with Crippen molar-refractivity contribution >= 4 is 5.91 Å². The fourth-order valence-corrected chi connectivity index (χ4v) is 1.02. The first kappa shape index (κ1) is 14.7. The van der Waals surface area contributed by atoms with Gasteiger partial charge >= 0.3 is 0 Å². The van der Waals surface area contributed by atoms with Gasteiger partial charge in [0.1, 0.15) is 6.54 Å². The van der Waals surface area contributed by atoms with Gasteiger partial charge in [-0.25, -0.2) is 0 Å². The highest BCUT2D eigenvalue weighted by molar-refractivity contribution is 5.78. The third kappa shape index (κ3) is 8.05.